The second kappa shape index (κ2) is 6.82. The summed E-state index contributed by atoms with van der Waals surface area (Å²) >= 11 is 6.24. The van der Waals surface area contributed by atoms with Gasteiger partial charge in [-0.15, -0.1) is 0 Å². The van der Waals surface area contributed by atoms with Gasteiger partial charge < -0.3 is 19.5 Å². The Morgan fingerprint density at radius 1 is 1.14 bits per heavy atom. The third-order valence-corrected chi connectivity index (χ3v) is 5.50. The Bertz CT molecular complexity index is 942. The van der Waals surface area contributed by atoms with Crippen molar-refractivity contribution in [1.29, 1.82) is 0 Å². The molecular weight excluding hydrogens is 388 g/mol. The molecule has 2 aliphatic heterocycles. The fourth-order valence-corrected chi connectivity index (χ4v) is 3.63. The number of anilines is 1. The number of benzene rings is 2. The Kier molecular flexibility index (Phi) is 4.59. The number of carbonyl (C=O) groups is 1. The molecule has 1 spiro atoms. The number of fused-ring (bicyclic) bond motifs is 2. The van der Waals surface area contributed by atoms with E-state index in [1.165, 1.54) is 4.90 Å². The highest BCUT2D eigenvalue weighted by Gasteiger charge is 2.61. The van der Waals surface area contributed by atoms with E-state index in [-0.39, 0.29) is 6.54 Å². The molecule has 0 bridgehead atoms. The standard InChI is InChI=1S/C19H17ClN2O6/c20-15-7-3-1-5-13(15)9-21-16-8-4-2-6-14(16)19(17(21)24)27-11-18(10-23,12-28-19)22(25)26/h1-8,23H,9-12H2. The first-order valence-corrected chi connectivity index (χ1v) is 8.99. The molecule has 146 valence electrons. The van der Waals surface area contributed by atoms with Crippen molar-refractivity contribution in [2.24, 2.45) is 0 Å². The zero-order valence-electron chi connectivity index (χ0n) is 14.7. The van der Waals surface area contributed by atoms with E-state index in [0.717, 1.165) is 5.56 Å². The molecule has 1 amide bonds. The molecule has 4 rings (SSSR count). The first-order valence-electron chi connectivity index (χ1n) is 8.62. The van der Waals surface area contributed by atoms with Gasteiger partial charge in [0.15, 0.2) is 0 Å². The zero-order valence-corrected chi connectivity index (χ0v) is 15.5. The van der Waals surface area contributed by atoms with Crippen LogP contribution in [0.4, 0.5) is 5.69 Å². The first-order chi connectivity index (χ1) is 13.4. The Labute approximate surface area is 165 Å². The number of hydrogen-bond acceptors (Lipinski definition) is 6. The van der Waals surface area contributed by atoms with Crippen molar-refractivity contribution in [2.75, 3.05) is 24.7 Å². The lowest BCUT2D eigenvalue weighted by molar-refractivity contribution is -0.598. The van der Waals surface area contributed by atoms with Crippen LogP contribution in [-0.2, 0) is 26.6 Å². The van der Waals surface area contributed by atoms with E-state index in [4.69, 9.17) is 21.1 Å². The highest BCUT2D eigenvalue weighted by atomic mass is 35.5. The van der Waals surface area contributed by atoms with Crippen molar-refractivity contribution in [3.8, 4) is 0 Å². The van der Waals surface area contributed by atoms with E-state index in [9.17, 15) is 20.0 Å². The highest BCUT2D eigenvalue weighted by molar-refractivity contribution is 6.31. The quantitative estimate of drug-likeness (QED) is 0.618. The minimum absolute atomic E-state index is 0.199. The Balaban J connectivity index is 1.70. The lowest BCUT2D eigenvalue weighted by atomic mass is 10.00. The number of halogens is 1. The van der Waals surface area contributed by atoms with Crippen molar-refractivity contribution in [2.45, 2.75) is 17.9 Å². The van der Waals surface area contributed by atoms with Crippen LogP contribution in [-0.4, -0.2) is 41.3 Å². The molecule has 0 aromatic heterocycles. The van der Waals surface area contributed by atoms with Gasteiger partial charge in [0.25, 0.3) is 17.2 Å². The van der Waals surface area contributed by atoms with Crippen LogP contribution in [0.25, 0.3) is 0 Å². The van der Waals surface area contributed by atoms with E-state index in [0.29, 0.717) is 16.3 Å². The number of nitrogens with zero attached hydrogens (tertiary/aromatic N) is 2. The van der Waals surface area contributed by atoms with Crippen LogP contribution >= 0.6 is 11.6 Å². The van der Waals surface area contributed by atoms with Gasteiger partial charge in [0.2, 0.25) is 0 Å². The van der Waals surface area contributed by atoms with Crippen molar-refractivity contribution >= 4 is 23.2 Å². The molecule has 0 radical (unpaired) electrons. The molecule has 2 aromatic rings. The molecule has 1 saturated heterocycles. The molecule has 2 heterocycles. The van der Waals surface area contributed by atoms with E-state index in [1.54, 1.807) is 36.4 Å². The maximum Gasteiger partial charge on any atom is 0.292 e. The molecule has 28 heavy (non-hydrogen) atoms. The van der Waals surface area contributed by atoms with Crippen LogP contribution in [0.1, 0.15) is 11.1 Å². The molecule has 9 heteroatoms. The first kappa shape index (κ1) is 18.8. The summed E-state index contributed by atoms with van der Waals surface area (Å²) in [6.45, 7) is -1.45. The Hall–Kier alpha value is -2.52. The van der Waals surface area contributed by atoms with Crippen LogP contribution in [0, 0.1) is 10.1 Å². The smallest absolute Gasteiger partial charge is 0.292 e. The fourth-order valence-electron chi connectivity index (χ4n) is 3.43. The van der Waals surface area contributed by atoms with Gasteiger partial charge in [0, 0.05) is 15.5 Å². The van der Waals surface area contributed by atoms with Gasteiger partial charge in [-0.05, 0) is 17.7 Å². The average molecular weight is 405 g/mol. The molecule has 2 aromatic carbocycles. The number of amides is 1. The van der Waals surface area contributed by atoms with Crippen molar-refractivity contribution < 1.29 is 24.3 Å². The van der Waals surface area contributed by atoms with Gasteiger partial charge in [0.05, 0.1) is 12.2 Å². The van der Waals surface area contributed by atoms with E-state index >= 15 is 0 Å². The molecule has 1 fully saturated rings. The number of rotatable bonds is 4. The minimum atomic E-state index is -1.80. The normalized spacial score (nSPS) is 26.5. The SMILES string of the molecule is O=C1N(Cc2ccccc2Cl)c2ccccc2C12OCC(CO)([N+](=O)[O-])CO2. The molecule has 0 atom stereocenters. The number of nitro groups is 1. The largest absolute Gasteiger partial charge is 0.389 e. The van der Waals surface area contributed by atoms with Crippen molar-refractivity contribution in [3.05, 3.63) is 74.8 Å². The maximum absolute atomic E-state index is 13.3. The average Bonchev–Trinajstić information content (AvgIpc) is 2.93. The number of hydrogen-bond donors (Lipinski definition) is 1. The number of carbonyl (C=O) groups excluding carboxylic acids is 1. The predicted octanol–water partition coefficient (Wildman–Crippen LogP) is 2.09. The summed E-state index contributed by atoms with van der Waals surface area (Å²) in [5.74, 6) is -2.25. The number of ether oxygens (including phenoxy) is 2. The summed E-state index contributed by atoms with van der Waals surface area (Å²) in [7, 11) is 0. The monoisotopic (exact) mass is 404 g/mol. The zero-order chi connectivity index (χ0) is 19.9. The summed E-state index contributed by atoms with van der Waals surface area (Å²) in [4.78, 5) is 25.5. The second-order valence-electron chi connectivity index (χ2n) is 6.83. The number of aliphatic hydroxyl groups is 1. The Morgan fingerprint density at radius 2 is 1.79 bits per heavy atom. The van der Waals surface area contributed by atoms with Gasteiger partial charge in [-0.2, -0.15) is 0 Å². The Morgan fingerprint density at radius 3 is 2.43 bits per heavy atom. The molecule has 0 aliphatic carbocycles. The van der Waals surface area contributed by atoms with Gasteiger partial charge >= 0.3 is 0 Å². The molecule has 8 nitrogen and oxygen atoms in total. The lowest BCUT2D eigenvalue weighted by Gasteiger charge is -2.38. The van der Waals surface area contributed by atoms with Crippen molar-refractivity contribution in [3.63, 3.8) is 0 Å². The predicted molar refractivity (Wildman–Crippen MR) is 99.5 cm³/mol. The lowest BCUT2D eigenvalue weighted by Crippen LogP contribution is -2.60. The van der Waals surface area contributed by atoms with Crippen LogP contribution in [0.2, 0.25) is 5.02 Å². The van der Waals surface area contributed by atoms with E-state index in [1.807, 2.05) is 12.1 Å². The van der Waals surface area contributed by atoms with Crippen molar-refractivity contribution in [1.82, 2.24) is 0 Å². The summed E-state index contributed by atoms with van der Waals surface area (Å²) in [5.41, 5.74) is 0.0125. The van der Waals surface area contributed by atoms with E-state index < -0.39 is 42.0 Å². The topological polar surface area (TPSA) is 102 Å². The maximum atomic E-state index is 13.3. The third kappa shape index (κ3) is 2.68. The summed E-state index contributed by atoms with van der Waals surface area (Å²) < 4.78 is 11.4. The summed E-state index contributed by atoms with van der Waals surface area (Å²) in [6.07, 6.45) is 0. The molecular formula is C19H17ClN2O6. The minimum Gasteiger partial charge on any atom is -0.389 e. The van der Waals surface area contributed by atoms with Gasteiger partial charge in [-0.3, -0.25) is 14.9 Å². The molecule has 2 aliphatic rings. The van der Waals surface area contributed by atoms with Crippen LogP contribution < -0.4 is 4.90 Å². The van der Waals surface area contributed by atoms with Crippen LogP contribution in [0.15, 0.2) is 48.5 Å². The molecule has 0 unspecified atom stereocenters. The van der Waals surface area contributed by atoms with Crippen LogP contribution in [0.5, 0.6) is 0 Å². The number of aliphatic hydroxyl groups excluding tert-OH is 1. The van der Waals surface area contributed by atoms with Crippen LogP contribution in [0.3, 0.4) is 0 Å². The highest BCUT2D eigenvalue weighted by Crippen LogP contribution is 2.47. The molecule has 1 N–H and O–H groups in total. The second-order valence-corrected chi connectivity index (χ2v) is 7.24. The summed E-state index contributed by atoms with van der Waals surface area (Å²) in [6, 6.07) is 14.1. The van der Waals surface area contributed by atoms with E-state index in [2.05, 4.69) is 0 Å². The van der Waals surface area contributed by atoms with Gasteiger partial charge in [0.1, 0.15) is 19.8 Å². The van der Waals surface area contributed by atoms with Gasteiger partial charge in [-0.1, -0.05) is 48.0 Å². The third-order valence-electron chi connectivity index (χ3n) is 5.13. The number of para-hydroxylation sites is 1. The molecule has 0 saturated carbocycles. The fraction of sp³-hybridized carbons (Fsp3) is 0.316. The summed E-state index contributed by atoms with van der Waals surface area (Å²) in [5, 5.41) is 21.3. The van der Waals surface area contributed by atoms with Gasteiger partial charge in [-0.25, -0.2) is 0 Å².